The Balaban J connectivity index is 1.63. The van der Waals surface area contributed by atoms with Crippen LogP contribution in [0.5, 0.6) is 5.75 Å². The van der Waals surface area contributed by atoms with Crippen molar-refractivity contribution in [1.29, 1.82) is 0 Å². The van der Waals surface area contributed by atoms with Crippen LogP contribution >= 0.6 is 23.2 Å². The lowest BCUT2D eigenvalue weighted by Crippen LogP contribution is -2.46. The summed E-state index contributed by atoms with van der Waals surface area (Å²) in [6.45, 7) is 0.918. The Morgan fingerprint density at radius 2 is 1.82 bits per heavy atom. The van der Waals surface area contributed by atoms with Crippen LogP contribution in [0.1, 0.15) is 33.6 Å². The number of carbonyl (C=O) groups excluding carboxylic acids is 2. The van der Waals surface area contributed by atoms with Gasteiger partial charge in [-0.3, -0.25) is 9.59 Å². The number of hydrogen-bond acceptors (Lipinski definition) is 3. The molecule has 0 aliphatic carbocycles. The number of likely N-dealkylation sites (tertiary alicyclic amines) is 1. The van der Waals surface area contributed by atoms with Gasteiger partial charge in [0.2, 0.25) is 0 Å². The molecule has 28 heavy (non-hydrogen) atoms. The molecular weight excluding hydrogens is 406 g/mol. The average molecular weight is 425 g/mol. The van der Waals surface area contributed by atoms with Crippen LogP contribution in [0.2, 0.25) is 10.0 Å². The van der Waals surface area contributed by atoms with E-state index < -0.39 is 5.82 Å². The van der Waals surface area contributed by atoms with Gasteiger partial charge in [-0.25, -0.2) is 4.39 Å². The van der Waals surface area contributed by atoms with E-state index in [2.05, 4.69) is 5.32 Å². The van der Waals surface area contributed by atoms with Crippen molar-refractivity contribution in [2.75, 3.05) is 20.2 Å². The lowest BCUT2D eigenvalue weighted by molar-refractivity contribution is 0.0697. The van der Waals surface area contributed by atoms with Crippen molar-refractivity contribution in [3.8, 4) is 5.75 Å². The van der Waals surface area contributed by atoms with Crippen LogP contribution in [0.15, 0.2) is 36.4 Å². The van der Waals surface area contributed by atoms with E-state index in [1.807, 2.05) is 0 Å². The van der Waals surface area contributed by atoms with Gasteiger partial charge in [0.25, 0.3) is 11.8 Å². The standard InChI is InChI=1S/C20H19Cl2FN2O3/c1-28-18-16(22)6-5-15(21)17(18)19(26)24-14-7-9-25(10-8-14)20(27)12-3-2-4-13(23)11-12/h2-6,11,14H,7-10H2,1H3,(H,24,26). The number of piperidine rings is 1. The topological polar surface area (TPSA) is 58.6 Å². The van der Waals surface area contributed by atoms with E-state index in [-0.39, 0.29) is 34.2 Å². The first kappa shape index (κ1) is 20.4. The smallest absolute Gasteiger partial charge is 0.256 e. The monoisotopic (exact) mass is 424 g/mol. The normalized spacial score (nSPS) is 14.6. The first-order valence-electron chi connectivity index (χ1n) is 8.78. The Morgan fingerprint density at radius 1 is 1.14 bits per heavy atom. The minimum Gasteiger partial charge on any atom is -0.494 e. The second-order valence-corrected chi connectivity index (χ2v) is 7.30. The second-order valence-electron chi connectivity index (χ2n) is 6.49. The summed E-state index contributed by atoms with van der Waals surface area (Å²) in [5.41, 5.74) is 0.507. The molecule has 1 fully saturated rings. The molecule has 0 unspecified atom stereocenters. The Kier molecular flexibility index (Phi) is 6.42. The summed E-state index contributed by atoms with van der Waals surface area (Å²) in [5.74, 6) is -0.811. The van der Waals surface area contributed by atoms with Gasteiger partial charge in [-0.1, -0.05) is 29.3 Å². The van der Waals surface area contributed by atoms with Crippen LogP contribution in [0.4, 0.5) is 4.39 Å². The summed E-state index contributed by atoms with van der Waals surface area (Å²) in [6, 6.07) is 8.61. The molecule has 8 heteroatoms. The van der Waals surface area contributed by atoms with Crippen molar-refractivity contribution in [3.63, 3.8) is 0 Å². The number of benzene rings is 2. The van der Waals surface area contributed by atoms with Gasteiger partial charge in [-0.15, -0.1) is 0 Å². The van der Waals surface area contributed by atoms with E-state index in [1.54, 1.807) is 23.1 Å². The van der Waals surface area contributed by atoms with Gasteiger partial charge in [-0.05, 0) is 43.2 Å². The molecule has 1 aliphatic heterocycles. The van der Waals surface area contributed by atoms with E-state index in [9.17, 15) is 14.0 Å². The molecule has 2 aromatic rings. The van der Waals surface area contributed by atoms with Gasteiger partial charge in [0.1, 0.15) is 11.4 Å². The number of ether oxygens (including phenoxy) is 1. The number of carbonyl (C=O) groups is 2. The third-order valence-electron chi connectivity index (χ3n) is 4.68. The molecule has 0 bridgehead atoms. The Labute approximate surface area is 172 Å². The molecule has 5 nitrogen and oxygen atoms in total. The van der Waals surface area contributed by atoms with Crippen LogP contribution in [0, 0.1) is 5.82 Å². The van der Waals surface area contributed by atoms with Crippen LogP contribution in [-0.4, -0.2) is 43.0 Å². The average Bonchev–Trinajstić information content (AvgIpc) is 2.69. The summed E-state index contributed by atoms with van der Waals surface area (Å²) in [5, 5.41) is 3.47. The number of amides is 2. The molecule has 2 aromatic carbocycles. The predicted octanol–water partition coefficient (Wildman–Crippen LogP) is 4.18. The zero-order valence-corrected chi connectivity index (χ0v) is 16.7. The summed E-state index contributed by atoms with van der Waals surface area (Å²) in [6.07, 6.45) is 1.15. The maximum absolute atomic E-state index is 13.3. The van der Waals surface area contributed by atoms with Crippen molar-refractivity contribution in [1.82, 2.24) is 10.2 Å². The largest absolute Gasteiger partial charge is 0.494 e. The fraction of sp³-hybridized carbons (Fsp3) is 0.300. The molecule has 0 aromatic heterocycles. The molecule has 1 aliphatic rings. The molecule has 3 rings (SSSR count). The molecule has 1 N–H and O–H groups in total. The van der Waals surface area contributed by atoms with E-state index in [0.717, 1.165) is 0 Å². The highest BCUT2D eigenvalue weighted by Crippen LogP contribution is 2.34. The van der Waals surface area contributed by atoms with Gasteiger partial charge in [0, 0.05) is 24.7 Å². The number of rotatable bonds is 4. The summed E-state index contributed by atoms with van der Waals surface area (Å²) in [7, 11) is 1.42. The fourth-order valence-electron chi connectivity index (χ4n) is 3.23. The van der Waals surface area contributed by atoms with Crippen molar-refractivity contribution in [3.05, 3.63) is 63.4 Å². The van der Waals surface area contributed by atoms with Gasteiger partial charge in [0.05, 0.1) is 17.2 Å². The summed E-state index contributed by atoms with van der Waals surface area (Å²) < 4.78 is 18.5. The number of halogens is 3. The highest BCUT2D eigenvalue weighted by atomic mass is 35.5. The Morgan fingerprint density at radius 3 is 2.46 bits per heavy atom. The van der Waals surface area contributed by atoms with Crippen LogP contribution in [0.3, 0.4) is 0 Å². The van der Waals surface area contributed by atoms with Gasteiger partial charge in [-0.2, -0.15) is 0 Å². The van der Waals surface area contributed by atoms with Crippen LogP contribution in [0.25, 0.3) is 0 Å². The molecule has 148 valence electrons. The first-order chi connectivity index (χ1) is 13.4. The third-order valence-corrected chi connectivity index (χ3v) is 5.29. The number of nitrogens with one attached hydrogen (secondary N) is 1. The zero-order chi connectivity index (χ0) is 20.3. The molecule has 0 spiro atoms. The van der Waals surface area contributed by atoms with Gasteiger partial charge < -0.3 is 15.0 Å². The molecular formula is C20H19Cl2FN2O3. The van der Waals surface area contributed by atoms with Crippen molar-refractivity contribution in [2.24, 2.45) is 0 Å². The number of methoxy groups -OCH3 is 1. The van der Waals surface area contributed by atoms with Crippen LogP contribution < -0.4 is 10.1 Å². The van der Waals surface area contributed by atoms with Crippen molar-refractivity contribution < 1.29 is 18.7 Å². The van der Waals surface area contributed by atoms with Crippen LogP contribution in [-0.2, 0) is 0 Å². The van der Waals surface area contributed by atoms with Crippen molar-refractivity contribution in [2.45, 2.75) is 18.9 Å². The number of nitrogens with zero attached hydrogens (tertiary/aromatic N) is 1. The summed E-state index contributed by atoms with van der Waals surface area (Å²) >= 11 is 12.2. The fourth-order valence-corrected chi connectivity index (χ4v) is 3.70. The Hall–Kier alpha value is -2.31. The minimum atomic E-state index is -0.444. The zero-order valence-electron chi connectivity index (χ0n) is 15.2. The molecule has 0 atom stereocenters. The van der Waals surface area contributed by atoms with E-state index in [1.165, 1.54) is 25.3 Å². The molecule has 1 saturated heterocycles. The first-order valence-corrected chi connectivity index (χ1v) is 9.54. The lowest BCUT2D eigenvalue weighted by atomic mass is 10.0. The second kappa shape index (κ2) is 8.80. The Bertz CT molecular complexity index is 899. The highest BCUT2D eigenvalue weighted by Gasteiger charge is 2.27. The van der Waals surface area contributed by atoms with Gasteiger partial charge in [0.15, 0.2) is 5.75 Å². The van der Waals surface area contributed by atoms with E-state index in [0.29, 0.717) is 36.5 Å². The van der Waals surface area contributed by atoms with E-state index in [4.69, 9.17) is 27.9 Å². The molecule has 0 radical (unpaired) electrons. The third kappa shape index (κ3) is 4.39. The SMILES string of the molecule is COc1c(Cl)ccc(Cl)c1C(=O)NC1CCN(C(=O)c2cccc(F)c2)CC1. The molecule has 1 heterocycles. The maximum atomic E-state index is 13.3. The van der Waals surface area contributed by atoms with Gasteiger partial charge >= 0.3 is 0 Å². The van der Waals surface area contributed by atoms with Crippen molar-refractivity contribution >= 4 is 35.0 Å². The van der Waals surface area contributed by atoms with E-state index >= 15 is 0 Å². The minimum absolute atomic E-state index is 0.121. The molecule has 2 amide bonds. The predicted molar refractivity (Wildman–Crippen MR) is 106 cm³/mol. The molecule has 0 saturated carbocycles. The quantitative estimate of drug-likeness (QED) is 0.800. The number of hydrogen-bond donors (Lipinski definition) is 1. The lowest BCUT2D eigenvalue weighted by Gasteiger charge is -2.32. The highest BCUT2D eigenvalue weighted by molar-refractivity contribution is 6.37. The summed E-state index contributed by atoms with van der Waals surface area (Å²) in [4.78, 5) is 26.8. The maximum Gasteiger partial charge on any atom is 0.256 e.